The Hall–Kier alpha value is -3.91. The molecular weight excluding hydrogens is 352 g/mol. The minimum atomic E-state index is 1.03. The van der Waals surface area contributed by atoms with Crippen molar-refractivity contribution < 1.29 is 0 Å². The lowest BCUT2D eigenvalue weighted by Gasteiger charge is -2.05. The molecule has 0 saturated heterocycles. The van der Waals surface area contributed by atoms with E-state index in [9.17, 15) is 0 Å². The highest BCUT2D eigenvalue weighted by atomic mass is 14.9. The van der Waals surface area contributed by atoms with Gasteiger partial charge in [-0.25, -0.2) is 4.98 Å². The average Bonchev–Trinajstić information content (AvgIpc) is 3.30. The van der Waals surface area contributed by atoms with Gasteiger partial charge in [-0.15, -0.1) is 0 Å². The van der Waals surface area contributed by atoms with Crippen molar-refractivity contribution in [3.05, 3.63) is 97.1 Å². The molecule has 2 nitrogen and oxygen atoms in total. The van der Waals surface area contributed by atoms with Crippen LogP contribution in [0.3, 0.4) is 0 Å². The maximum absolute atomic E-state index is 5.16. The van der Waals surface area contributed by atoms with Gasteiger partial charge in [0.05, 0.1) is 27.8 Å². The smallest absolute Gasteiger partial charge is 0.0977 e. The van der Waals surface area contributed by atoms with E-state index < -0.39 is 0 Å². The van der Waals surface area contributed by atoms with E-state index in [2.05, 4.69) is 101 Å². The highest BCUT2D eigenvalue weighted by molar-refractivity contribution is 6.22. The molecule has 3 aromatic heterocycles. The molecule has 0 fully saturated rings. The van der Waals surface area contributed by atoms with E-state index in [1.54, 1.807) is 0 Å². The van der Waals surface area contributed by atoms with E-state index in [4.69, 9.17) is 4.98 Å². The molecule has 2 heteroatoms. The number of rotatable bonds is 1. The maximum Gasteiger partial charge on any atom is 0.0977 e. The first kappa shape index (κ1) is 15.1. The summed E-state index contributed by atoms with van der Waals surface area (Å²) in [6.07, 6.45) is 0. The normalized spacial score (nSPS) is 12.1. The molecule has 0 aliphatic carbocycles. The summed E-state index contributed by atoms with van der Waals surface area (Å²) in [5.41, 5.74) is 6.94. The lowest BCUT2D eigenvalue weighted by molar-refractivity contribution is 1.36. The van der Waals surface area contributed by atoms with Crippen LogP contribution in [0.15, 0.2) is 97.1 Å². The van der Waals surface area contributed by atoms with E-state index in [-0.39, 0.29) is 0 Å². The second-order valence-corrected chi connectivity index (χ2v) is 7.68. The van der Waals surface area contributed by atoms with Gasteiger partial charge in [0, 0.05) is 21.7 Å². The summed E-state index contributed by atoms with van der Waals surface area (Å²) in [5.74, 6) is 0. The molecule has 4 aromatic carbocycles. The molecular formula is C27H16N2. The predicted molar refractivity (Wildman–Crippen MR) is 122 cm³/mol. The summed E-state index contributed by atoms with van der Waals surface area (Å²) in [7, 11) is 0. The van der Waals surface area contributed by atoms with E-state index >= 15 is 0 Å². The quantitative estimate of drug-likeness (QED) is 0.303. The number of hydrogen-bond acceptors (Lipinski definition) is 1. The number of para-hydroxylation sites is 2. The van der Waals surface area contributed by atoms with Crippen LogP contribution >= 0.6 is 0 Å². The van der Waals surface area contributed by atoms with Gasteiger partial charge in [-0.2, -0.15) is 0 Å². The van der Waals surface area contributed by atoms with Gasteiger partial charge in [-0.1, -0.05) is 72.8 Å². The summed E-state index contributed by atoms with van der Waals surface area (Å²) in [5, 5.41) is 6.25. The lowest BCUT2D eigenvalue weighted by Crippen LogP contribution is -1.85. The first-order valence-corrected chi connectivity index (χ1v) is 9.92. The predicted octanol–water partition coefficient (Wildman–Crippen LogP) is 7.05. The van der Waals surface area contributed by atoms with Crippen molar-refractivity contribution in [1.29, 1.82) is 0 Å². The van der Waals surface area contributed by atoms with Crippen LogP contribution < -0.4 is 0 Å². The minimum Gasteiger partial charge on any atom is -0.306 e. The monoisotopic (exact) mass is 368 g/mol. The first-order chi connectivity index (χ1) is 14.4. The van der Waals surface area contributed by atoms with E-state index in [1.807, 2.05) is 0 Å². The molecule has 0 bridgehead atoms. The summed E-state index contributed by atoms with van der Waals surface area (Å²) in [4.78, 5) is 5.16. The molecule has 0 N–H and O–H groups in total. The van der Waals surface area contributed by atoms with Gasteiger partial charge < -0.3 is 4.40 Å². The molecule has 7 rings (SSSR count). The van der Waals surface area contributed by atoms with Crippen LogP contribution in [0.5, 0.6) is 0 Å². The molecule has 0 radical (unpaired) electrons. The van der Waals surface area contributed by atoms with Crippen molar-refractivity contribution >= 4 is 49.0 Å². The third-order valence-corrected chi connectivity index (χ3v) is 6.10. The zero-order valence-corrected chi connectivity index (χ0v) is 15.6. The van der Waals surface area contributed by atoms with Crippen molar-refractivity contribution in [2.45, 2.75) is 0 Å². The molecule has 0 saturated carbocycles. The summed E-state index contributed by atoms with van der Waals surface area (Å²) >= 11 is 0. The Morgan fingerprint density at radius 3 is 2.10 bits per heavy atom. The number of pyridine rings is 1. The maximum atomic E-state index is 5.16. The number of benzene rings is 4. The van der Waals surface area contributed by atoms with Crippen LogP contribution in [0.25, 0.3) is 60.3 Å². The van der Waals surface area contributed by atoms with Gasteiger partial charge in [0.15, 0.2) is 0 Å². The molecule has 29 heavy (non-hydrogen) atoms. The number of hydrogen-bond donors (Lipinski definition) is 0. The second-order valence-electron chi connectivity index (χ2n) is 7.68. The molecule has 0 atom stereocenters. The Labute approximate surface area is 167 Å². The zero-order chi connectivity index (χ0) is 18.9. The van der Waals surface area contributed by atoms with Crippen LogP contribution in [0.4, 0.5) is 0 Å². The van der Waals surface area contributed by atoms with Crippen molar-refractivity contribution in [2.75, 3.05) is 0 Å². The number of nitrogens with zero attached hydrogens (tertiary/aromatic N) is 2. The van der Waals surface area contributed by atoms with Crippen molar-refractivity contribution in [3.8, 4) is 11.3 Å². The molecule has 134 valence electrons. The standard InChI is InChI=1S/C27H16N2/c1-2-8-18-15-19(14-13-17(18)7-1)23-16-22-20-9-3-5-11-24(20)29-25-12-6-4-10-21(25)26(28-23)27(22)29/h1-16H. The fraction of sp³-hybridized carbons (Fsp3) is 0. The van der Waals surface area contributed by atoms with Crippen LogP contribution in [0.1, 0.15) is 0 Å². The Bertz CT molecular complexity index is 1620. The highest BCUT2D eigenvalue weighted by Crippen LogP contribution is 2.39. The molecule has 0 amide bonds. The first-order valence-electron chi connectivity index (χ1n) is 9.92. The molecule has 3 heterocycles. The van der Waals surface area contributed by atoms with Crippen molar-refractivity contribution in [3.63, 3.8) is 0 Å². The van der Waals surface area contributed by atoms with Gasteiger partial charge in [-0.05, 0) is 35.0 Å². The average molecular weight is 368 g/mol. The highest BCUT2D eigenvalue weighted by Gasteiger charge is 2.19. The number of aromatic nitrogens is 2. The molecule has 0 aliphatic heterocycles. The summed E-state index contributed by atoms with van der Waals surface area (Å²) in [6, 6.07) is 34.6. The lowest BCUT2D eigenvalue weighted by atomic mass is 10.0. The molecule has 7 aromatic rings. The summed E-state index contributed by atoms with van der Waals surface area (Å²) in [6.45, 7) is 0. The molecule has 0 spiro atoms. The Morgan fingerprint density at radius 1 is 0.552 bits per heavy atom. The fourth-order valence-corrected chi connectivity index (χ4v) is 4.79. The van der Waals surface area contributed by atoms with Crippen molar-refractivity contribution in [2.24, 2.45) is 0 Å². The van der Waals surface area contributed by atoms with E-state index in [0.717, 1.165) is 16.8 Å². The van der Waals surface area contributed by atoms with E-state index in [1.165, 1.54) is 43.5 Å². The van der Waals surface area contributed by atoms with Crippen LogP contribution in [0, 0.1) is 0 Å². The summed E-state index contributed by atoms with van der Waals surface area (Å²) < 4.78 is 2.37. The zero-order valence-electron chi connectivity index (χ0n) is 15.6. The SMILES string of the molecule is c1ccc2cc(-c3cc4c5ccccc5n5c6ccccc6c(n3)c45)ccc2c1. The van der Waals surface area contributed by atoms with Gasteiger partial charge in [0.2, 0.25) is 0 Å². The topological polar surface area (TPSA) is 17.3 Å². The fourth-order valence-electron chi connectivity index (χ4n) is 4.79. The molecule has 0 aliphatic rings. The molecule has 0 unspecified atom stereocenters. The van der Waals surface area contributed by atoms with Crippen LogP contribution in [-0.4, -0.2) is 9.38 Å². The van der Waals surface area contributed by atoms with Crippen molar-refractivity contribution in [1.82, 2.24) is 9.38 Å². The second kappa shape index (κ2) is 5.33. The van der Waals surface area contributed by atoms with E-state index in [0.29, 0.717) is 0 Å². The van der Waals surface area contributed by atoms with Crippen LogP contribution in [-0.2, 0) is 0 Å². The largest absolute Gasteiger partial charge is 0.306 e. The Morgan fingerprint density at radius 2 is 1.24 bits per heavy atom. The minimum absolute atomic E-state index is 1.03. The third-order valence-electron chi connectivity index (χ3n) is 6.10. The number of fused-ring (bicyclic) bond motifs is 7. The van der Waals surface area contributed by atoms with Gasteiger partial charge >= 0.3 is 0 Å². The van der Waals surface area contributed by atoms with Gasteiger partial charge in [0.1, 0.15) is 0 Å². The van der Waals surface area contributed by atoms with Crippen LogP contribution in [0.2, 0.25) is 0 Å². The Kier molecular flexibility index (Phi) is 2.77. The Balaban J connectivity index is 1.67. The third kappa shape index (κ3) is 1.93. The van der Waals surface area contributed by atoms with Gasteiger partial charge in [-0.3, -0.25) is 0 Å². The van der Waals surface area contributed by atoms with Gasteiger partial charge in [0.25, 0.3) is 0 Å².